The number of hydrogen-bond acceptors (Lipinski definition) is 6. The van der Waals surface area contributed by atoms with Crippen LogP contribution in [0.2, 0.25) is 0 Å². The summed E-state index contributed by atoms with van der Waals surface area (Å²) in [6.45, 7) is 0.464. The molecule has 0 saturated carbocycles. The van der Waals surface area contributed by atoms with Crippen molar-refractivity contribution in [1.29, 1.82) is 0 Å². The lowest BCUT2D eigenvalue weighted by Gasteiger charge is -2.10. The van der Waals surface area contributed by atoms with Crippen LogP contribution < -0.4 is 10.0 Å². The summed E-state index contributed by atoms with van der Waals surface area (Å²) >= 11 is 0. The summed E-state index contributed by atoms with van der Waals surface area (Å²) in [5, 5.41) is 3.03. The van der Waals surface area contributed by atoms with Crippen LogP contribution in [-0.4, -0.2) is 41.0 Å². The van der Waals surface area contributed by atoms with Gasteiger partial charge in [0.15, 0.2) is 0 Å². The number of nitrogens with zero attached hydrogens (tertiary/aromatic N) is 4. The number of aromatic nitrogens is 4. The normalized spacial score (nSPS) is 12.2. The van der Waals surface area contributed by atoms with Gasteiger partial charge in [0, 0.05) is 19.3 Å². The maximum Gasteiger partial charge on any atom is 0.416 e. The lowest BCUT2D eigenvalue weighted by atomic mass is 10.2. The highest BCUT2D eigenvalue weighted by Gasteiger charge is 2.30. The fraction of sp³-hybridized carbons (Fsp3) is 0.190. The van der Waals surface area contributed by atoms with E-state index in [2.05, 4.69) is 25.0 Å². The van der Waals surface area contributed by atoms with Crippen molar-refractivity contribution in [2.45, 2.75) is 17.5 Å². The zero-order valence-corrected chi connectivity index (χ0v) is 17.9. The average molecular weight is 476 g/mol. The minimum atomic E-state index is -4.52. The molecule has 4 rings (SSSR count). The summed E-state index contributed by atoms with van der Waals surface area (Å²) in [4.78, 5) is 12.7. The second-order valence-corrected chi connectivity index (χ2v) is 8.81. The number of anilines is 1. The summed E-state index contributed by atoms with van der Waals surface area (Å²) in [5.41, 5.74) is 0.836. The number of fused-ring (bicyclic) bond motifs is 1. The SMILES string of the molecule is O=S(=O)(NCCCNc1nccc(-n2cnc3ccccc32)n1)c1ccc(C(F)(F)F)cc1. The molecule has 2 heterocycles. The van der Waals surface area contributed by atoms with Gasteiger partial charge in [0.2, 0.25) is 16.0 Å². The zero-order valence-electron chi connectivity index (χ0n) is 17.1. The average Bonchev–Trinajstić information content (AvgIpc) is 3.23. The monoisotopic (exact) mass is 476 g/mol. The van der Waals surface area contributed by atoms with Gasteiger partial charge in [0.1, 0.15) is 12.1 Å². The van der Waals surface area contributed by atoms with Crippen LogP contribution in [0.15, 0.2) is 72.0 Å². The molecule has 4 aromatic rings. The van der Waals surface area contributed by atoms with Gasteiger partial charge in [0.05, 0.1) is 21.5 Å². The molecule has 33 heavy (non-hydrogen) atoms. The predicted molar refractivity (Wildman–Crippen MR) is 116 cm³/mol. The van der Waals surface area contributed by atoms with Crippen LogP contribution in [0.25, 0.3) is 16.9 Å². The molecule has 0 amide bonds. The van der Waals surface area contributed by atoms with E-state index in [1.165, 1.54) is 0 Å². The van der Waals surface area contributed by atoms with Crippen molar-refractivity contribution in [3.05, 3.63) is 72.7 Å². The van der Waals surface area contributed by atoms with Crippen molar-refractivity contribution in [2.24, 2.45) is 0 Å². The first-order valence-electron chi connectivity index (χ1n) is 9.90. The van der Waals surface area contributed by atoms with E-state index in [1.807, 2.05) is 28.8 Å². The highest BCUT2D eigenvalue weighted by atomic mass is 32.2. The van der Waals surface area contributed by atoms with Crippen LogP contribution in [0.3, 0.4) is 0 Å². The third kappa shape index (κ3) is 5.29. The quantitative estimate of drug-likeness (QED) is 0.377. The number of halogens is 3. The van der Waals surface area contributed by atoms with Crippen LogP contribution in [0.5, 0.6) is 0 Å². The van der Waals surface area contributed by atoms with E-state index in [0.717, 1.165) is 35.3 Å². The highest BCUT2D eigenvalue weighted by molar-refractivity contribution is 7.89. The van der Waals surface area contributed by atoms with Gasteiger partial charge in [-0.05, 0) is 48.9 Å². The molecular formula is C21H19F3N6O2S. The number of sulfonamides is 1. The first-order valence-corrected chi connectivity index (χ1v) is 11.4. The van der Waals surface area contributed by atoms with Crippen molar-refractivity contribution >= 4 is 27.0 Å². The number of rotatable bonds is 8. The van der Waals surface area contributed by atoms with Crippen LogP contribution in [0.1, 0.15) is 12.0 Å². The summed E-state index contributed by atoms with van der Waals surface area (Å²) in [5.74, 6) is 1.00. The van der Waals surface area contributed by atoms with Gasteiger partial charge in [-0.3, -0.25) is 4.57 Å². The van der Waals surface area contributed by atoms with E-state index in [9.17, 15) is 21.6 Å². The Labute approximate surface area is 187 Å². The second kappa shape index (κ2) is 9.16. The van der Waals surface area contributed by atoms with Crippen molar-refractivity contribution in [2.75, 3.05) is 18.4 Å². The van der Waals surface area contributed by atoms with Crippen LogP contribution >= 0.6 is 0 Å². The first-order chi connectivity index (χ1) is 15.7. The molecule has 0 unspecified atom stereocenters. The Morgan fingerprint density at radius 2 is 1.70 bits per heavy atom. The Kier molecular flexibility index (Phi) is 6.29. The molecule has 0 fully saturated rings. The molecule has 0 saturated heterocycles. The van der Waals surface area contributed by atoms with Gasteiger partial charge < -0.3 is 5.32 Å². The van der Waals surface area contributed by atoms with Crippen molar-refractivity contribution in [3.63, 3.8) is 0 Å². The molecular weight excluding hydrogens is 457 g/mol. The van der Waals surface area contributed by atoms with Gasteiger partial charge in [-0.25, -0.2) is 23.1 Å². The summed E-state index contributed by atoms with van der Waals surface area (Å²) in [6.07, 6.45) is -0.841. The molecule has 2 aromatic heterocycles. The fourth-order valence-corrected chi connectivity index (χ4v) is 4.19. The van der Waals surface area contributed by atoms with E-state index in [4.69, 9.17) is 0 Å². The molecule has 12 heteroatoms. The summed E-state index contributed by atoms with van der Waals surface area (Å²) in [7, 11) is -3.91. The van der Waals surface area contributed by atoms with Crippen LogP contribution in [0, 0.1) is 0 Å². The number of benzene rings is 2. The Hall–Kier alpha value is -3.51. The minimum absolute atomic E-state index is 0.0855. The van der Waals surface area contributed by atoms with Crippen molar-refractivity contribution in [1.82, 2.24) is 24.2 Å². The molecule has 0 aliphatic carbocycles. The topological polar surface area (TPSA) is 102 Å². The molecule has 0 aliphatic heterocycles. The minimum Gasteiger partial charge on any atom is -0.354 e. The van der Waals surface area contributed by atoms with E-state index in [0.29, 0.717) is 24.7 Å². The molecule has 0 aliphatic rings. The van der Waals surface area contributed by atoms with Gasteiger partial charge in [0.25, 0.3) is 0 Å². The highest BCUT2D eigenvalue weighted by Crippen LogP contribution is 2.29. The summed E-state index contributed by atoms with van der Waals surface area (Å²) < 4.78 is 66.6. The first kappa shape index (κ1) is 22.7. The van der Waals surface area contributed by atoms with E-state index in [-0.39, 0.29) is 11.4 Å². The molecule has 0 atom stereocenters. The zero-order chi connectivity index (χ0) is 23.5. The maximum atomic E-state index is 12.6. The van der Waals surface area contributed by atoms with Crippen LogP contribution in [-0.2, 0) is 16.2 Å². The molecule has 2 N–H and O–H groups in total. The standard InChI is InChI=1S/C21H19F3N6O2S/c22-21(23,24)15-6-8-16(9-7-15)33(31,32)28-12-3-11-25-20-26-13-10-19(29-20)30-14-27-17-4-1-2-5-18(17)30/h1-2,4-10,13-14,28H,3,11-12H2,(H,25,26,29). The van der Waals surface area contributed by atoms with Gasteiger partial charge in [-0.15, -0.1) is 0 Å². The van der Waals surface area contributed by atoms with E-state index in [1.54, 1.807) is 18.6 Å². The number of imidazole rings is 1. The van der Waals surface area contributed by atoms with Crippen molar-refractivity contribution < 1.29 is 21.6 Å². The lowest BCUT2D eigenvalue weighted by molar-refractivity contribution is -0.137. The number of alkyl halides is 3. The second-order valence-electron chi connectivity index (χ2n) is 7.04. The number of nitrogens with one attached hydrogen (secondary N) is 2. The largest absolute Gasteiger partial charge is 0.416 e. The van der Waals surface area contributed by atoms with Gasteiger partial charge >= 0.3 is 6.18 Å². The number of para-hydroxylation sites is 2. The van der Waals surface area contributed by atoms with Gasteiger partial charge in [-0.2, -0.15) is 18.2 Å². The summed E-state index contributed by atoms with van der Waals surface area (Å²) in [6, 6.07) is 12.7. The Morgan fingerprint density at radius 1 is 0.939 bits per heavy atom. The molecule has 8 nitrogen and oxygen atoms in total. The molecule has 0 bridgehead atoms. The van der Waals surface area contributed by atoms with Crippen LogP contribution in [0.4, 0.5) is 19.1 Å². The predicted octanol–water partition coefficient (Wildman–Crippen LogP) is 3.61. The molecule has 2 aromatic carbocycles. The maximum absolute atomic E-state index is 12.6. The molecule has 0 spiro atoms. The number of hydrogen-bond donors (Lipinski definition) is 2. The molecule has 0 radical (unpaired) electrons. The smallest absolute Gasteiger partial charge is 0.354 e. The third-order valence-electron chi connectivity index (χ3n) is 4.76. The third-order valence-corrected chi connectivity index (χ3v) is 6.24. The van der Waals surface area contributed by atoms with Gasteiger partial charge in [-0.1, -0.05) is 12.1 Å². The Morgan fingerprint density at radius 3 is 2.45 bits per heavy atom. The lowest BCUT2D eigenvalue weighted by Crippen LogP contribution is -2.26. The fourth-order valence-electron chi connectivity index (χ4n) is 3.11. The Balaban J connectivity index is 1.31. The van der Waals surface area contributed by atoms with E-state index < -0.39 is 21.8 Å². The Bertz CT molecular complexity index is 1350. The van der Waals surface area contributed by atoms with E-state index >= 15 is 0 Å². The molecule has 172 valence electrons. The van der Waals surface area contributed by atoms with Crippen molar-refractivity contribution in [3.8, 4) is 5.82 Å².